The zero-order valence-corrected chi connectivity index (χ0v) is 12.1. The summed E-state index contributed by atoms with van der Waals surface area (Å²) in [4.78, 5) is 0. The number of hydrogen-bond acceptors (Lipinski definition) is 2. The van der Waals surface area contributed by atoms with Crippen molar-refractivity contribution >= 4 is 0 Å². The van der Waals surface area contributed by atoms with E-state index in [0.29, 0.717) is 6.54 Å². The fourth-order valence-electron chi connectivity index (χ4n) is 2.65. The molecule has 1 unspecified atom stereocenters. The van der Waals surface area contributed by atoms with Crippen LogP contribution >= 0.6 is 0 Å². The van der Waals surface area contributed by atoms with Gasteiger partial charge in [-0.2, -0.15) is 5.10 Å². The number of aliphatic hydroxyl groups is 1. The molecule has 1 atom stereocenters. The van der Waals surface area contributed by atoms with E-state index in [9.17, 15) is 5.11 Å². The highest BCUT2D eigenvalue weighted by Gasteiger charge is 2.15. The monoisotopic (exact) mass is 258 g/mol. The molecule has 1 heterocycles. The summed E-state index contributed by atoms with van der Waals surface area (Å²) in [5.74, 6) is 0. The molecule has 0 radical (unpaired) electrons. The summed E-state index contributed by atoms with van der Waals surface area (Å²) < 4.78 is 1.92. The van der Waals surface area contributed by atoms with Gasteiger partial charge in [0.15, 0.2) is 0 Å². The van der Waals surface area contributed by atoms with Crippen molar-refractivity contribution in [1.29, 1.82) is 0 Å². The van der Waals surface area contributed by atoms with E-state index in [2.05, 4.69) is 18.9 Å². The molecule has 0 spiro atoms. The van der Waals surface area contributed by atoms with Gasteiger partial charge in [0.05, 0.1) is 18.3 Å². The molecule has 19 heavy (non-hydrogen) atoms. The number of aromatic nitrogens is 2. The fourth-order valence-corrected chi connectivity index (χ4v) is 2.65. The van der Waals surface area contributed by atoms with Gasteiger partial charge in [-0.25, -0.2) is 0 Å². The minimum atomic E-state index is -0.510. The molecule has 0 aliphatic rings. The van der Waals surface area contributed by atoms with Gasteiger partial charge in [-0.15, -0.1) is 0 Å². The Bertz CT molecular complexity index is 572. The summed E-state index contributed by atoms with van der Waals surface area (Å²) in [5, 5.41) is 14.9. The standard InChI is InChI=1S/C16H22N2O/c1-5-14-12(3)17-18(13(14)4)10-16(19)15-9-7-6-8-11(15)2/h6-9,16,19H,5,10H2,1-4H3. The van der Waals surface area contributed by atoms with Gasteiger partial charge in [-0.1, -0.05) is 31.2 Å². The van der Waals surface area contributed by atoms with Gasteiger partial charge in [-0.3, -0.25) is 4.68 Å². The van der Waals surface area contributed by atoms with Crippen LogP contribution in [0.1, 0.15) is 41.1 Å². The number of nitrogens with zero attached hydrogens (tertiary/aromatic N) is 2. The van der Waals surface area contributed by atoms with Crippen LogP contribution in [0.4, 0.5) is 0 Å². The van der Waals surface area contributed by atoms with Gasteiger partial charge in [0.1, 0.15) is 0 Å². The predicted molar refractivity (Wildman–Crippen MR) is 77.2 cm³/mol. The van der Waals surface area contributed by atoms with Crippen LogP contribution in [0.2, 0.25) is 0 Å². The number of benzene rings is 1. The lowest BCUT2D eigenvalue weighted by Gasteiger charge is -2.15. The first kappa shape index (κ1) is 13.8. The van der Waals surface area contributed by atoms with E-state index in [0.717, 1.165) is 28.9 Å². The van der Waals surface area contributed by atoms with E-state index in [-0.39, 0.29) is 0 Å². The van der Waals surface area contributed by atoms with Crippen LogP contribution in [0.25, 0.3) is 0 Å². The molecule has 0 amide bonds. The van der Waals surface area contributed by atoms with E-state index < -0.39 is 6.10 Å². The van der Waals surface area contributed by atoms with Crippen molar-refractivity contribution in [2.45, 2.75) is 46.8 Å². The van der Waals surface area contributed by atoms with Crippen LogP contribution < -0.4 is 0 Å². The van der Waals surface area contributed by atoms with Gasteiger partial charge in [-0.05, 0) is 43.9 Å². The number of aryl methyl sites for hydroxylation is 2. The molecule has 0 aliphatic carbocycles. The molecule has 0 saturated heterocycles. The van der Waals surface area contributed by atoms with E-state index in [4.69, 9.17) is 0 Å². The molecule has 102 valence electrons. The lowest BCUT2D eigenvalue weighted by atomic mass is 10.0. The second-order valence-corrected chi connectivity index (χ2v) is 5.06. The van der Waals surface area contributed by atoms with Crippen LogP contribution in [0, 0.1) is 20.8 Å². The molecule has 1 aromatic heterocycles. The zero-order chi connectivity index (χ0) is 14.0. The van der Waals surface area contributed by atoms with Crippen LogP contribution in [-0.2, 0) is 13.0 Å². The van der Waals surface area contributed by atoms with Crippen LogP contribution in [0.15, 0.2) is 24.3 Å². The summed E-state index contributed by atoms with van der Waals surface area (Å²) in [5.41, 5.74) is 5.61. The summed E-state index contributed by atoms with van der Waals surface area (Å²) in [6.07, 6.45) is 0.474. The topological polar surface area (TPSA) is 38.0 Å². The summed E-state index contributed by atoms with van der Waals surface area (Å²) >= 11 is 0. The lowest BCUT2D eigenvalue weighted by Crippen LogP contribution is -2.12. The Morgan fingerprint density at radius 1 is 1.21 bits per heavy atom. The molecule has 0 saturated carbocycles. The molecule has 3 nitrogen and oxygen atoms in total. The summed E-state index contributed by atoms with van der Waals surface area (Å²) in [6.45, 7) is 8.78. The highest BCUT2D eigenvalue weighted by Crippen LogP contribution is 2.21. The average molecular weight is 258 g/mol. The van der Waals surface area contributed by atoms with Gasteiger partial charge < -0.3 is 5.11 Å². The molecular weight excluding hydrogens is 236 g/mol. The maximum absolute atomic E-state index is 10.4. The Balaban J connectivity index is 2.25. The highest BCUT2D eigenvalue weighted by atomic mass is 16.3. The van der Waals surface area contributed by atoms with Crippen LogP contribution in [0.3, 0.4) is 0 Å². The first-order valence-electron chi connectivity index (χ1n) is 6.81. The number of hydrogen-bond donors (Lipinski definition) is 1. The van der Waals surface area contributed by atoms with E-state index in [1.807, 2.05) is 42.8 Å². The second kappa shape index (κ2) is 5.57. The van der Waals surface area contributed by atoms with Crippen molar-refractivity contribution in [3.05, 3.63) is 52.3 Å². The first-order valence-corrected chi connectivity index (χ1v) is 6.81. The normalized spacial score (nSPS) is 12.7. The molecule has 1 aromatic carbocycles. The van der Waals surface area contributed by atoms with Gasteiger partial charge in [0.25, 0.3) is 0 Å². The smallest absolute Gasteiger partial charge is 0.0988 e. The number of aliphatic hydroxyl groups excluding tert-OH is 1. The molecule has 0 fully saturated rings. The molecular formula is C16H22N2O. The van der Waals surface area contributed by atoms with E-state index >= 15 is 0 Å². The van der Waals surface area contributed by atoms with Crippen LogP contribution in [-0.4, -0.2) is 14.9 Å². The summed E-state index contributed by atoms with van der Waals surface area (Å²) in [6, 6.07) is 7.96. The molecule has 0 bridgehead atoms. The molecule has 3 heteroatoms. The van der Waals surface area contributed by atoms with Crippen LogP contribution in [0.5, 0.6) is 0 Å². The Hall–Kier alpha value is -1.61. The minimum absolute atomic E-state index is 0.510. The first-order chi connectivity index (χ1) is 9.04. The fraction of sp³-hybridized carbons (Fsp3) is 0.438. The van der Waals surface area contributed by atoms with Crippen molar-refractivity contribution in [2.75, 3.05) is 0 Å². The Kier molecular flexibility index (Phi) is 4.05. The quantitative estimate of drug-likeness (QED) is 0.915. The SMILES string of the molecule is CCc1c(C)nn(CC(O)c2ccccc2C)c1C. The maximum atomic E-state index is 10.4. The van der Waals surface area contributed by atoms with Crippen molar-refractivity contribution in [3.8, 4) is 0 Å². The number of rotatable bonds is 4. The Labute approximate surface area is 114 Å². The van der Waals surface area contributed by atoms with Gasteiger partial charge >= 0.3 is 0 Å². The molecule has 2 rings (SSSR count). The largest absolute Gasteiger partial charge is 0.386 e. The van der Waals surface area contributed by atoms with Crippen molar-refractivity contribution < 1.29 is 5.11 Å². The summed E-state index contributed by atoms with van der Waals surface area (Å²) in [7, 11) is 0. The van der Waals surface area contributed by atoms with Crippen molar-refractivity contribution in [1.82, 2.24) is 9.78 Å². The van der Waals surface area contributed by atoms with Crippen molar-refractivity contribution in [2.24, 2.45) is 0 Å². The maximum Gasteiger partial charge on any atom is 0.0988 e. The van der Waals surface area contributed by atoms with Gasteiger partial charge in [0, 0.05) is 5.69 Å². The zero-order valence-electron chi connectivity index (χ0n) is 12.1. The third-order valence-corrected chi connectivity index (χ3v) is 3.78. The average Bonchev–Trinajstić information content (AvgIpc) is 2.64. The van der Waals surface area contributed by atoms with Gasteiger partial charge in [0.2, 0.25) is 0 Å². The Morgan fingerprint density at radius 2 is 1.89 bits per heavy atom. The van der Waals surface area contributed by atoms with E-state index in [1.165, 1.54) is 5.56 Å². The predicted octanol–water partition coefficient (Wildman–Crippen LogP) is 3.10. The lowest BCUT2D eigenvalue weighted by molar-refractivity contribution is 0.150. The molecule has 0 aliphatic heterocycles. The van der Waals surface area contributed by atoms with Crippen molar-refractivity contribution in [3.63, 3.8) is 0 Å². The van der Waals surface area contributed by atoms with E-state index in [1.54, 1.807) is 0 Å². The highest BCUT2D eigenvalue weighted by molar-refractivity contribution is 5.28. The second-order valence-electron chi connectivity index (χ2n) is 5.06. The third-order valence-electron chi connectivity index (χ3n) is 3.78. The Morgan fingerprint density at radius 3 is 2.47 bits per heavy atom. The molecule has 2 aromatic rings. The minimum Gasteiger partial charge on any atom is -0.386 e. The molecule has 1 N–H and O–H groups in total. The third kappa shape index (κ3) is 2.71.